The van der Waals surface area contributed by atoms with Crippen molar-refractivity contribution in [1.29, 1.82) is 0 Å². The molecule has 0 spiro atoms. The van der Waals surface area contributed by atoms with Crippen LogP contribution in [-0.2, 0) is 16.0 Å². The summed E-state index contributed by atoms with van der Waals surface area (Å²) in [5.41, 5.74) is 1.41. The maximum absolute atomic E-state index is 11.9. The van der Waals surface area contributed by atoms with Crippen molar-refractivity contribution in [3.05, 3.63) is 36.0 Å². The molecule has 0 unspecified atom stereocenters. The molecule has 0 bridgehead atoms. The normalized spacial score (nSPS) is 12.3. The Morgan fingerprint density at radius 2 is 1.91 bits per heavy atom. The molecule has 0 aliphatic carbocycles. The van der Waals surface area contributed by atoms with Crippen LogP contribution in [0.5, 0.6) is 0 Å². The van der Waals surface area contributed by atoms with Crippen molar-refractivity contribution in [3.63, 3.8) is 0 Å². The Bertz CT molecular complexity index is 683. The van der Waals surface area contributed by atoms with Crippen molar-refractivity contribution in [2.24, 2.45) is 0 Å². The van der Waals surface area contributed by atoms with Gasteiger partial charge < -0.3 is 15.0 Å². The van der Waals surface area contributed by atoms with Crippen LogP contribution in [-0.4, -0.2) is 28.5 Å². The van der Waals surface area contributed by atoms with Crippen LogP contribution in [0.15, 0.2) is 30.5 Å². The molecule has 1 atom stereocenters. The molecular formula is C18H26N2O3. The molecule has 2 N–H and O–H groups in total. The van der Waals surface area contributed by atoms with Gasteiger partial charge in [0.25, 0.3) is 0 Å². The van der Waals surface area contributed by atoms with E-state index in [0.717, 1.165) is 16.5 Å². The number of alkyl carbamates (subject to hydrolysis) is 1. The fourth-order valence-corrected chi connectivity index (χ4v) is 2.27. The Balaban J connectivity index is 0.00000264. The summed E-state index contributed by atoms with van der Waals surface area (Å²) in [5, 5.41) is 3.71. The number of rotatable bonds is 4. The number of carbonyl (C=O) groups is 2. The summed E-state index contributed by atoms with van der Waals surface area (Å²) in [5.74, 6) is -0.101. The first-order valence-corrected chi connectivity index (χ1v) is 7.31. The van der Waals surface area contributed by atoms with E-state index in [-0.39, 0.29) is 13.2 Å². The lowest BCUT2D eigenvalue weighted by Crippen LogP contribution is -2.43. The summed E-state index contributed by atoms with van der Waals surface area (Å²) in [6.45, 7) is 6.83. The predicted molar refractivity (Wildman–Crippen MR) is 92.6 cm³/mol. The highest BCUT2D eigenvalue weighted by Gasteiger charge is 2.23. The SMILES string of the molecule is C.CC(=O)[C@@H](Cc1c[nH]c2ccccc12)NC(=O)OC(C)(C)C. The van der Waals surface area contributed by atoms with Gasteiger partial charge in [0, 0.05) is 23.5 Å². The van der Waals surface area contributed by atoms with Gasteiger partial charge in [-0.15, -0.1) is 0 Å². The molecule has 0 fully saturated rings. The van der Waals surface area contributed by atoms with E-state index in [2.05, 4.69) is 10.3 Å². The van der Waals surface area contributed by atoms with E-state index in [4.69, 9.17) is 4.74 Å². The zero-order valence-electron chi connectivity index (χ0n) is 13.4. The van der Waals surface area contributed by atoms with Crippen LogP contribution < -0.4 is 5.32 Å². The lowest BCUT2D eigenvalue weighted by molar-refractivity contribution is -0.119. The number of carbonyl (C=O) groups excluding carboxylic acids is 2. The van der Waals surface area contributed by atoms with E-state index in [1.807, 2.05) is 30.5 Å². The van der Waals surface area contributed by atoms with Crippen LogP contribution in [0.3, 0.4) is 0 Å². The average molecular weight is 318 g/mol. The second-order valence-corrected chi connectivity index (χ2v) is 6.37. The molecule has 2 aromatic rings. The Morgan fingerprint density at radius 1 is 1.26 bits per heavy atom. The number of amides is 1. The third-order valence-corrected chi connectivity index (χ3v) is 3.28. The van der Waals surface area contributed by atoms with E-state index in [1.54, 1.807) is 20.8 Å². The molecule has 126 valence electrons. The van der Waals surface area contributed by atoms with Crippen LogP contribution in [0, 0.1) is 0 Å². The number of benzene rings is 1. The second kappa shape index (κ2) is 7.31. The van der Waals surface area contributed by atoms with Crippen LogP contribution in [0.2, 0.25) is 0 Å². The number of Topliss-reactive ketones (excluding diaryl/α,β-unsaturated/α-hetero) is 1. The predicted octanol–water partition coefficient (Wildman–Crippen LogP) is 3.83. The Hall–Kier alpha value is -2.30. The van der Waals surface area contributed by atoms with E-state index in [9.17, 15) is 9.59 Å². The minimum Gasteiger partial charge on any atom is -0.444 e. The summed E-state index contributed by atoms with van der Waals surface area (Å²) < 4.78 is 5.21. The molecule has 0 aliphatic heterocycles. The van der Waals surface area contributed by atoms with Crippen molar-refractivity contribution in [1.82, 2.24) is 10.3 Å². The zero-order valence-corrected chi connectivity index (χ0v) is 13.4. The van der Waals surface area contributed by atoms with Gasteiger partial charge in [0.1, 0.15) is 5.60 Å². The standard InChI is InChI=1S/C17H22N2O3.CH4/c1-11(20)15(19-16(21)22-17(2,3)4)9-12-10-18-14-8-6-5-7-13(12)14;/h5-8,10,15,18H,9H2,1-4H3,(H,19,21);1H4/t15-;/m1./s1. The van der Waals surface area contributed by atoms with Gasteiger partial charge in [-0.2, -0.15) is 0 Å². The lowest BCUT2D eigenvalue weighted by Gasteiger charge is -2.22. The summed E-state index contributed by atoms with van der Waals surface area (Å²) in [7, 11) is 0. The third-order valence-electron chi connectivity index (χ3n) is 3.28. The summed E-state index contributed by atoms with van der Waals surface area (Å²) in [4.78, 5) is 26.9. The summed E-state index contributed by atoms with van der Waals surface area (Å²) >= 11 is 0. The van der Waals surface area contributed by atoms with Crippen molar-refractivity contribution < 1.29 is 14.3 Å². The molecule has 1 heterocycles. The number of ether oxygens (including phenoxy) is 1. The minimum atomic E-state index is -0.603. The zero-order chi connectivity index (χ0) is 16.3. The van der Waals surface area contributed by atoms with Crippen molar-refractivity contribution >= 4 is 22.8 Å². The van der Waals surface area contributed by atoms with Crippen LogP contribution >= 0.6 is 0 Å². The maximum atomic E-state index is 11.9. The molecule has 1 amide bonds. The van der Waals surface area contributed by atoms with Crippen LogP contribution in [0.25, 0.3) is 10.9 Å². The molecule has 0 radical (unpaired) electrons. The van der Waals surface area contributed by atoms with Crippen molar-refractivity contribution in [2.45, 2.75) is 53.2 Å². The monoisotopic (exact) mass is 318 g/mol. The number of hydrogen-bond donors (Lipinski definition) is 2. The molecule has 5 heteroatoms. The molecule has 23 heavy (non-hydrogen) atoms. The first-order valence-electron chi connectivity index (χ1n) is 7.31. The van der Waals surface area contributed by atoms with Crippen molar-refractivity contribution in [3.8, 4) is 0 Å². The number of fused-ring (bicyclic) bond motifs is 1. The molecule has 0 aliphatic rings. The smallest absolute Gasteiger partial charge is 0.408 e. The fraction of sp³-hybridized carbons (Fsp3) is 0.444. The largest absolute Gasteiger partial charge is 0.444 e. The number of H-pyrrole nitrogens is 1. The lowest BCUT2D eigenvalue weighted by atomic mass is 10.0. The molecule has 0 saturated heterocycles. The molecule has 1 aromatic carbocycles. The minimum absolute atomic E-state index is 0. The van der Waals surface area contributed by atoms with Gasteiger partial charge in [-0.3, -0.25) is 4.79 Å². The highest BCUT2D eigenvalue weighted by atomic mass is 16.6. The summed E-state index contributed by atoms with van der Waals surface area (Å²) in [6, 6.07) is 7.26. The van der Waals surface area contributed by atoms with Gasteiger partial charge in [-0.1, -0.05) is 25.6 Å². The number of aromatic nitrogens is 1. The van der Waals surface area contributed by atoms with E-state index < -0.39 is 17.7 Å². The maximum Gasteiger partial charge on any atom is 0.408 e. The van der Waals surface area contributed by atoms with Gasteiger partial charge in [-0.05, 0) is 39.3 Å². The number of hydrogen-bond acceptors (Lipinski definition) is 3. The molecule has 5 nitrogen and oxygen atoms in total. The van der Waals surface area contributed by atoms with Crippen LogP contribution in [0.1, 0.15) is 40.7 Å². The first kappa shape index (κ1) is 18.7. The number of ketones is 1. The Labute approximate surface area is 137 Å². The molecule has 1 aromatic heterocycles. The van der Waals surface area contributed by atoms with Gasteiger partial charge in [0.05, 0.1) is 6.04 Å². The highest BCUT2D eigenvalue weighted by molar-refractivity contribution is 5.88. The highest BCUT2D eigenvalue weighted by Crippen LogP contribution is 2.19. The quantitative estimate of drug-likeness (QED) is 0.900. The van der Waals surface area contributed by atoms with Gasteiger partial charge >= 0.3 is 6.09 Å². The Kier molecular flexibility index (Phi) is 5.96. The van der Waals surface area contributed by atoms with E-state index in [0.29, 0.717) is 6.42 Å². The van der Waals surface area contributed by atoms with Gasteiger partial charge in [0.2, 0.25) is 0 Å². The second-order valence-electron chi connectivity index (χ2n) is 6.37. The topological polar surface area (TPSA) is 71.2 Å². The van der Waals surface area contributed by atoms with E-state index >= 15 is 0 Å². The van der Waals surface area contributed by atoms with E-state index in [1.165, 1.54) is 6.92 Å². The van der Waals surface area contributed by atoms with Gasteiger partial charge in [-0.25, -0.2) is 4.79 Å². The first-order chi connectivity index (χ1) is 10.3. The van der Waals surface area contributed by atoms with Crippen molar-refractivity contribution in [2.75, 3.05) is 0 Å². The molecule has 2 rings (SSSR count). The average Bonchev–Trinajstić information content (AvgIpc) is 2.79. The third kappa shape index (κ3) is 5.13. The number of aromatic amines is 1. The Morgan fingerprint density at radius 3 is 2.52 bits per heavy atom. The number of nitrogens with one attached hydrogen (secondary N) is 2. The molecular weight excluding hydrogens is 292 g/mol. The number of para-hydroxylation sites is 1. The molecule has 0 saturated carbocycles. The fourth-order valence-electron chi connectivity index (χ4n) is 2.27. The summed E-state index contributed by atoms with van der Waals surface area (Å²) in [6.07, 6.45) is 1.73. The van der Waals surface area contributed by atoms with Crippen LogP contribution in [0.4, 0.5) is 4.79 Å². The van der Waals surface area contributed by atoms with Gasteiger partial charge in [0.15, 0.2) is 5.78 Å².